The molecule has 1 fully saturated rings. The van der Waals surface area contributed by atoms with Gasteiger partial charge in [-0.15, -0.1) is 0 Å². The van der Waals surface area contributed by atoms with Crippen molar-refractivity contribution in [1.29, 1.82) is 0 Å². The summed E-state index contributed by atoms with van der Waals surface area (Å²) in [5.41, 5.74) is 2.47. The number of fused-ring (bicyclic) bond motifs is 1. The molecule has 0 saturated carbocycles. The van der Waals surface area contributed by atoms with Crippen LogP contribution in [0.25, 0.3) is 10.9 Å². The van der Waals surface area contributed by atoms with Crippen LogP contribution in [0, 0.1) is 11.7 Å². The van der Waals surface area contributed by atoms with E-state index in [1.165, 1.54) is 12.1 Å². The Morgan fingerprint density at radius 1 is 1.08 bits per heavy atom. The van der Waals surface area contributed by atoms with Gasteiger partial charge in [0.2, 0.25) is 11.8 Å². The zero-order valence-electron chi connectivity index (χ0n) is 21.5. The Hall–Kier alpha value is -3.48. The van der Waals surface area contributed by atoms with Crippen LogP contribution in [0.3, 0.4) is 0 Å². The van der Waals surface area contributed by atoms with Gasteiger partial charge in [0.25, 0.3) is 0 Å². The van der Waals surface area contributed by atoms with E-state index in [1.54, 1.807) is 26.2 Å². The van der Waals surface area contributed by atoms with Gasteiger partial charge in [-0.3, -0.25) is 4.79 Å². The van der Waals surface area contributed by atoms with Gasteiger partial charge in [-0.05, 0) is 59.7 Å². The molecule has 1 aliphatic heterocycles. The predicted molar refractivity (Wildman–Crippen MR) is 147 cm³/mol. The van der Waals surface area contributed by atoms with Crippen molar-refractivity contribution < 1.29 is 19.0 Å². The average molecular weight is 533 g/mol. The molecule has 1 atom stereocenters. The Labute approximate surface area is 226 Å². The van der Waals surface area contributed by atoms with Gasteiger partial charge in [-0.1, -0.05) is 60.1 Å². The van der Waals surface area contributed by atoms with E-state index in [1.807, 2.05) is 53.4 Å². The predicted octanol–water partition coefficient (Wildman–Crippen LogP) is 6.12. The van der Waals surface area contributed by atoms with Crippen molar-refractivity contribution in [3.05, 3.63) is 106 Å². The third kappa shape index (κ3) is 4.86. The monoisotopic (exact) mass is 532 g/mol. The van der Waals surface area contributed by atoms with E-state index in [-0.39, 0.29) is 17.6 Å². The van der Waals surface area contributed by atoms with Gasteiger partial charge in [0.05, 0.1) is 17.6 Å². The number of hydrogen-bond donors (Lipinski definition) is 1. The number of benzene rings is 3. The molecule has 1 aromatic heterocycles. The Bertz CT molecular complexity index is 1450. The molecular formula is C31H30ClFN2O3. The molecule has 0 aliphatic carbocycles. The minimum atomic E-state index is -1.28. The third-order valence-corrected chi connectivity index (χ3v) is 8.08. The van der Waals surface area contributed by atoms with Crippen LogP contribution >= 0.6 is 11.6 Å². The number of halogens is 2. The van der Waals surface area contributed by atoms with Gasteiger partial charge < -0.3 is 14.7 Å². The molecule has 7 heteroatoms. The number of carbonyl (C=O) groups is 1. The van der Waals surface area contributed by atoms with E-state index in [2.05, 4.69) is 0 Å². The first-order valence-electron chi connectivity index (χ1n) is 12.8. The van der Waals surface area contributed by atoms with Crippen LogP contribution < -0.4 is 4.74 Å². The summed E-state index contributed by atoms with van der Waals surface area (Å²) in [4.78, 5) is 18.5. The van der Waals surface area contributed by atoms with Crippen molar-refractivity contribution in [2.24, 2.45) is 5.92 Å². The molecule has 1 amide bonds. The summed E-state index contributed by atoms with van der Waals surface area (Å²) in [5, 5.41) is 13.7. The summed E-state index contributed by atoms with van der Waals surface area (Å²) < 4.78 is 19.0. The van der Waals surface area contributed by atoms with E-state index in [9.17, 15) is 14.3 Å². The van der Waals surface area contributed by atoms with E-state index < -0.39 is 5.60 Å². The molecule has 5 nitrogen and oxygen atoms in total. The molecule has 5 rings (SSSR count). The topological polar surface area (TPSA) is 62.7 Å². The second-order valence-corrected chi connectivity index (χ2v) is 10.2. The lowest BCUT2D eigenvalue weighted by molar-refractivity contribution is -0.131. The highest BCUT2D eigenvalue weighted by Gasteiger charge is 2.42. The Morgan fingerprint density at radius 3 is 2.39 bits per heavy atom. The number of pyridine rings is 1. The lowest BCUT2D eigenvalue weighted by Gasteiger charge is -2.42. The first kappa shape index (κ1) is 26.1. The summed E-state index contributed by atoms with van der Waals surface area (Å²) in [6, 6.07) is 21.6. The number of piperidine rings is 1. The van der Waals surface area contributed by atoms with Crippen LogP contribution in [0.1, 0.15) is 42.0 Å². The van der Waals surface area contributed by atoms with Crippen molar-refractivity contribution in [2.45, 2.75) is 31.8 Å². The van der Waals surface area contributed by atoms with Crippen molar-refractivity contribution in [2.75, 3.05) is 20.2 Å². The van der Waals surface area contributed by atoms with Crippen molar-refractivity contribution in [1.82, 2.24) is 9.88 Å². The SMILES string of the molecule is COc1nc2ccc(C(O)(c3ccccc3)C3CCN(C(C)=O)CC3)cc2c(Cl)c1Cc1ccc(F)cc1. The fourth-order valence-corrected chi connectivity index (χ4v) is 5.85. The van der Waals surface area contributed by atoms with Gasteiger partial charge in [0, 0.05) is 37.4 Å². The zero-order valence-corrected chi connectivity index (χ0v) is 22.2. The standard InChI is InChI=1S/C31H30ClFN2O3/c1-20(36)35-16-14-23(15-17-35)31(37,22-6-4-3-5-7-22)24-10-13-28-26(19-24)29(32)27(30(34-28)38-2)18-21-8-11-25(33)12-9-21/h3-13,19,23,37H,14-18H2,1-2H3. The normalized spacial score (nSPS) is 15.9. The highest BCUT2D eigenvalue weighted by atomic mass is 35.5. The summed E-state index contributed by atoms with van der Waals surface area (Å²) >= 11 is 6.99. The van der Waals surface area contributed by atoms with Crippen molar-refractivity contribution in [3.63, 3.8) is 0 Å². The molecule has 1 N–H and O–H groups in total. The Balaban J connectivity index is 1.61. The maximum atomic E-state index is 13.5. The van der Waals surface area contributed by atoms with Crippen LogP contribution in [-0.4, -0.2) is 41.1 Å². The number of amides is 1. The van der Waals surface area contributed by atoms with Crippen molar-refractivity contribution in [3.8, 4) is 5.88 Å². The molecule has 38 heavy (non-hydrogen) atoms. The quantitative estimate of drug-likeness (QED) is 0.325. The van der Waals surface area contributed by atoms with E-state index in [4.69, 9.17) is 21.3 Å². The molecule has 0 spiro atoms. The Morgan fingerprint density at radius 2 is 1.76 bits per heavy atom. The molecule has 196 valence electrons. The lowest BCUT2D eigenvalue weighted by Crippen LogP contribution is -2.45. The number of rotatable bonds is 6. The number of ether oxygens (including phenoxy) is 1. The highest BCUT2D eigenvalue weighted by Crippen LogP contribution is 2.44. The molecule has 1 saturated heterocycles. The van der Waals surface area contributed by atoms with Gasteiger partial charge in [0.1, 0.15) is 11.4 Å². The lowest BCUT2D eigenvalue weighted by atomic mass is 9.72. The van der Waals surface area contributed by atoms with Gasteiger partial charge in [0.15, 0.2) is 0 Å². The van der Waals surface area contributed by atoms with E-state index in [0.717, 1.165) is 16.7 Å². The fraction of sp³-hybridized carbons (Fsp3) is 0.290. The maximum absolute atomic E-state index is 13.5. The summed E-state index contributed by atoms with van der Waals surface area (Å²) in [7, 11) is 1.55. The number of nitrogens with zero attached hydrogens (tertiary/aromatic N) is 2. The number of hydrogen-bond acceptors (Lipinski definition) is 4. The van der Waals surface area contributed by atoms with Crippen LogP contribution in [-0.2, 0) is 16.8 Å². The number of aliphatic hydroxyl groups is 1. The largest absolute Gasteiger partial charge is 0.481 e. The average Bonchev–Trinajstić information content (AvgIpc) is 2.95. The molecule has 1 aliphatic rings. The minimum absolute atomic E-state index is 0.0536. The van der Waals surface area contributed by atoms with Crippen LogP contribution in [0.15, 0.2) is 72.8 Å². The van der Waals surface area contributed by atoms with Gasteiger partial charge >= 0.3 is 0 Å². The van der Waals surface area contributed by atoms with Crippen molar-refractivity contribution >= 4 is 28.4 Å². The van der Waals surface area contributed by atoms with E-state index in [0.29, 0.717) is 59.7 Å². The highest BCUT2D eigenvalue weighted by molar-refractivity contribution is 6.36. The van der Waals surface area contributed by atoms with Gasteiger partial charge in [-0.2, -0.15) is 0 Å². The van der Waals surface area contributed by atoms with Crippen LogP contribution in [0.4, 0.5) is 4.39 Å². The second kappa shape index (κ2) is 10.7. The zero-order chi connectivity index (χ0) is 26.9. The summed E-state index contributed by atoms with van der Waals surface area (Å²) in [5.74, 6) is 0.0661. The third-order valence-electron chi connectivity index (χ3n) is 7.65. The molecule has 2 heterocycles. The van der Waals surface area contributed by atoms with Crippen LogP contribution in [0.2, 0.25) is 5.02 Å². The number of methoxy groups -OCH3 is 1. The van der Waals surface area contributed by atoms with Gasteiger partial charge in [-0.25, -0.2) is 9.37 Å². The first-order valence-corrected chi connectivity index (χ1v) is 13.1. The van der Waals surface area contributed by atoms with Crippen LogP contribution in [0.5, 0.6) is 5.88 Å². The fourth-order valence-electron chi connectivity index (χ4n) is 5.55. The summed E-state index contributed by atoms with van der Waals surface area (Å²) in [6.45, 7) is 2.79. The first-order chi connectivity index (χ1) is 18.3. The summed E-state index contributed by atoms with van der Waals surface area (Å²) in [6.07, 6.45) is 1.77. The molecule has 0 radical (unpaired) electrons. The molecule has 1 unspecified atom stereocenters. The smallest absolute Gasteiger partial charge is 0.219 e. The second-order valence-electron chi connectivity index (χ2n) is 9.86. The molecule has 3 aromatic carbocycles. The molecule has 4 aromatic rings. The maximum Gasteiger partial charge on any atom is 0.219 e. The van der Waals surface area contributed by atoms with E-state index >= 15 is 0 Å². The number of likely N-dealkylation sites (tertiary alicyclic amines) is 1. The number of aromatic nitrogens is 1. The minimum Gasteiger partial charge on any atom is -0.481 e. The Kier molecular flexibility index (Phi) is 7.37. The molecular weight excluding hydrogens is 503 g/mol. The number of carbonyl (C=O) groups excluding carboxylic acids is 1. The molecule has 0 bridgehead atoms.